The first kappa shape index (κ1) is 30.9. The Labute approximate surface area is 238 Å². The minimum Gasteiger partial charge on any atom is -0.481 e. The van der Waals surface area contributed by atoms with Gasteiger partial charge in [0.1, 0.15) is 0 Å². The molecule has 2 aromatic carbocycles. The molecule has 0 aliphatic rings. The van der Waals surface area contributed by atoms with Crippen LogP contribution in [0.25, 0.3) is 20.9 Å². The molecule has 0 amide bonds. The molecule has 0 radical (unpaired) electrons. The van der Waals surface area contributed by atoms with Crippen LogP contribution in [0.15, 0.2) is 65.6 Å². The summed E-state index contributed by atoms with van der Waals surface area (Å²) in [6.07, 6.45) is 9.88. The zero-order valence-electron chi connectivity index (χ0n) is 23.2. The van der Waals surface area contributed by atoms with Crippen molar-refractivity contribution in [3.8, 4) is 20.9 Å². The van der Waals surface area contributed by atoms with Crippen LogP contribution >= 0.6 is 11.3 Å². The van der Waals surface area contributed by atoms with Crippen molar-refractivity contribution in [2.24, 2.45) is 0 Å². The van der Waals surface area contributed by atoms with Crippen LogP contribution in [0, 0.1) is 0 Å². The van der Waals surface area contributed by atoms with Crippen molar-refractivity contribution >= 4 is 33.0 Å². The number of hydrogen-bond acceptors (Lipinski definition) is 5. The highest BCUT2D eigenvalue weighted by Gasteiger charge is 2.15. The number of carboxylic acids is 1. The molecule has 0 aliphatic carbocycles. The third-order valence-electron chi connectivity index (χ3n) is 6.77. The lowest BCUT2D eigenvalue weighted by atomic mass is 10.1. The zero-order valence-corrected chi connectivity index (χ0v) is 24.8. The molecule has 39 heavy (non-hydrogen) atoms. The molecule has 2 N–H and O–H groups in total. The van der Waals surface area contributed by atoms with Crippen LogP contribution in [0.1, 0.15) is 71.6 Å². The van der Waals surface area contributed by atoms with E-state index in [1.807, 2.05) is 0 Å². The number of anilines is 1. The van der Waals surface area contributed by atoms with Gasteiger partial charge < -0.3 is 10.0 Å². The Morgan fingerprint density at radius 3 is 1.77 bits per heavy atom. The van der Waals surface area contributed by atoms with E-state index in [1.165, 1.54) is 67.5 Å². The predicted molar refractivity (Wildman–Crippen MR) is 163 cm³/mol. The van der Waals surface area contributed by atoms with Gasteiger partial charge in [0.25, 0.3) is 0 Å². The third-order valence-corrected chi connectivity index (χ3v) is 9.43. The molecule has 212 valence electrons. The van der Waals surface area contributed by atoms with E-state index in [2.05, 4.69) is 59.9 Å². The fourth-order valence-electron chi connectivity index (χ4n) is 4.49. The lowest BCUT2D eigenvalue weighted by Gasteiger charge is -2.25. The van der Waals surface area contributed by atoms with Crippen molar-refractivity contribution in [2.75, 3.05) is 24.5 Å². The lowest BCUT2D eigenvalue weighted by molar-refractivity contribution is -0.136. The molecular weight excluding hydrogens is 528 g/mol. The van der Waals surface area contributed by atoms with Crippen LogP contribution in [-0.4, -0.2) is 39.1 Å². The fourth-order valence-corrected chi connectivity index (χ4v) is 6.54. The molecule has 1 aromatic heterocycles. The number of carbonyl (C=O) groups is 1. The Bertz CT molecular complexity index is 1240. The first-order chi connectivity index (χ1) is 18.8. The highest BCUT2D eigenvalue weighted by atomic mass is 32.2. The SMILES string of the molecule is CCCCCCN(CCCCCC)c1ccc(-c2ccc(-c3ccc(S(=O)(=O)NCCC(=O)O)cc3)s2)cc1. The maximum atomic E-state index is 12.4. The van der Waals surface area contributed by atoms with Crippen LogP contribution in [0.3, 0.4) is 0 Å². The maximum Gasteiger partial charge on any atom is 0.304 e. The summed E-state index contributed by atoms with van der Waals surface area (Å²) in [7, 11) is -3.74. The summed E-state index contributed by atoms with van der Waals surface area (Å²) in [5, 5.41) is 8.72. The quantitative estimate of drug-likeness (QED) is 0.152. The average molecular weight is 571 g/mol. The molecule has 0 unspecified atom stereocenters. The molecule has 0 aliphatic heterocycles. The minimum atomic E-state index is -3.74. The van der Waals surface area contributed by atoms with Crippen LogP contribution in [0.4, 0.5) is 5.69 Å². The molecule has 3 rings (SSSR count). The van der Waals surface area contributed by atoms with Crippen LogP contribution in [0.2, 0.25) is 0 Å². The van der Waals surface area contributed by atoms with Gasteiger partial charge in [-0.15, -0.1) is 11.3 Å². The van der Waals surface area contributed by atoms with Gasteiger partial charge in [0, 0.05) is 35.1 Å². The van der Waals surface area contributed by atoms with E-state index in [0.717, 1.165) is 23.5 Å². The standard InChI is InChI=1S/C31H42N2O4S2/c1-3-5-7-9-23-33(24-10-8-6-4-2)27-15-11-25(12-16-27)29-19-20-30(38-29)26-13-17-28(18-14-26)39(36,37)32-22-21-31(34)35/h11-20,32H,3-10,21-24H2,1-2H3,(H,34,35). The topological polar surface area (TPSA) is 86.7 Å². The molecule has 0 fully saturated rings. The van der Waals surface area contributed by atoms with Gasteiger partial charge in [0.2, 0.25) is 10.0 Å². The maximum absolute atomic E-state index is 12.4. The van der Waals surface area contributed by atoms with Crippen molar-refractivity contribution in [2.45, 2.75) is 76.5 Å². The summed E-state index contributed by atoms with van der Waals surface area (Å²) < 4.78 is 27.1. The summed E-state index contributed by atoms with van der Waals surface area (Å²) in [4.78, 5) is 15.5. The normalized spacial score (nSPS) is 11.5. The van der Waals surface area contributed by atoms with Crippen molar-refractivity contribution in [1.29, 1.82) is 0 Å². The molecule has 3 aromatic rings. The molecule has 0 saturated heterocycles. The molecule has 8 heteroatoms. The number of benzene rings is 2. The second-order valence-corrected chi connectivity index (χ2v) is 12.7. The Hall–Kier alpha value is -2.68. The number of carboxylic acid groups (broad SMARTS) is 1. The van der Waals surface area contributed by atoms with Crippen LogP contribution in [0.5, 0.6) is 0 Å². The summed E-state index contributed by atoms with van der Waals surface area (Å²) in [6, 6.07) is 19.8. The fraction of sp³-hybridized carbons (Fsp3) is 0.452. The van der Waals surface area contributed by atoms with E-state index in [1.54, 1.807) is 35.6 Å². The summed E-state index contributed by atoms with van der Waals surface area (Å²) >= 11 is 1.68. The number of nitrogens with zero attached hydrogens (tertiary/aromatic N) is 1. The highest BCUT2D eigenvalue weighted by Crippen LogP contribution is 2.35. The van der Waals surface area contributed by atoms with E-state index in [4.69, 9.17) is 5.11 Å². The van der Waals surface area contributed by atoms with Gasteiger partial charge in [-0.2, -0.15) is 0 Å². The molecule has 0 atom stereocenters. The number of thiophene rings is 1. The smallest absolute Gasteiger partial charge is 0.304 e. The third kappa shape index (κ3) is 9.78. The molecule has 0 spiro atoms. The number of nitrogens with one attached hydrogen (secondary N) is 1. The molecule has 6 nitrogen and oxygen atoms in total. The number of sulfonamides is 1. The zero-order chi connectivity index (χ0) is 28.1. The van der Waals surface area contributed by atoms with Crippen LogP contribution < -0.4 is 9.62 Å². The number of rotatable bonds is 18. The van der Waals surface area contributed by atoms with Gasteiger partial charge in [-0.1, -0.05) is 76.6 Å². The Morgan fingerprint density at radius 2 is 1.28 bits per heavy atom. The van der Waals surface area contributed by atoms with E-state index in [9.17, 15) is 13.2 Å². The monoisotopic (exact) mass is 570 g/mol. The second kappa shape index (κ2) is 15.8. The van der Waals surface area contributed by atoms with E-state index in [-0.39, 0.29) is 17.9 Å². The van der Waals surface area contributed by atoms with Gasteiger partial charge in [-0.25, -0.2) is 13.1 Å². The van der Waals surface area contributed by atoms with Gasteiger partial charge in [-0.05, 0) is 60.4 Å². The largest absolute Gasteiger partial charge is 0.481 e. The van der Waals surface area contributed by atoms with Gasteiger partial charge in [-0.3, -0.25) is 4.79 Å². The number of unbranched alkanes of at least 4 members (excludes halogenated alkanes) is 6. The van der Waals surface area contributed by atoms with E-state index in [0.29, 0.717) is 0 Å². The van der Waals surface area contributed by atoms with Crippen molar-refractivity contribution in [3.63, 3.8) is 0 Å². The molecule has 0 saturated carbocycles. The number of aliphatic carboxylic acids is 1. The predicted octanol–water partition coefficient (Wildman–Crippen LogP) is 7.80. The van der Waals surface area contributed by atoms with Crippen molar-refractivity contribution in [3.05, 3.63) is 60.7 Å². The molecule has 0 bridgehead atoms. The summed E-state index contributed by atoms with van der Waals surface area (Å²) in [5.74, 6) is -1.04. The van der Waals surface area contributed by atoms with Gasteiger partial charge >= 0.3 is 5.97 Å². The second-order valence-electron chi connectivity index (χ2n) is 9.89. The highest BCUT2D eigenvalue weighted by molar-refractivity contribution is 7.89. The summed E-state index contributed by atoms with van der Waals surface area (Å²) in [5.41, 5.74) is 3.41. The van der Waals surface area contributed by atoms with Crippen molar-refractivity contribution < 1.29 is 18.3 Å². The minimum absolute atomic E-state index is 0.123. The van der Waals surface area contributed by atoms with Crippen LogP contribution in [-0.2, 0) is 14.8 Å². The summed E-state index contributed by atoms with van der Waals surface area (Å²) in [6.45, 7) is 6.58. The lowest BCUT2D eigenvalue weighted by Crippen LogP contribution is -2.26. The van der Waals surface area contributed by atoms with Gasteiger partial charge in [0.15, 0.2) is 0 Å². The molecule has 1 heterocycles. The Kier molecular flexibility index (Phi) is 12.5. The Balaban J connectivity index is 1.66. The first-order valence-electron chi connectivity index (χ1n) is 14.1. The first-order valence-corrected chi connectivity index (χ1v) is 16.4. The Morgan fingerprint density at radius 1 is 0.769 bits per heavy atom. The van der Waals surface area contributed by atoms with E-state index >= 15 is 0 Å². The number of hydrogen-bond donors (Lipinski definition) is 2. The van der Waals surface area contributed by atoms with Gasteiger partial charge in [0.05, 0.1) is 11.3 Å². The van der Waals surface area contributed by atoms with Crippen molar-refractivity contribution in [1.82, 2.24) is 4.72 Å². The molecular formula is C31H42N2O4S2. The average Bonchev–Trinajstić information content (AvgIpc) is 3.42. The van der Waals surface area contributed by atoms with E-state index < -0.39 is 16.0 Å².